The lowest BCUT2D eigenvalue weighted by Crippen LogP contribution is -2.25. The minimum Gasteiger partial charge on any atom is -0.330 e. The predicted octanol–water partition coefficient (Wildman–Crippen LogP) is 6.05. The number of hydrogen-bond donors (Lipinski definition) is 0. The average molecular weight is 380 g/mol. The van der Waals surface area contributed by atoms with E-state index in [0.29, 0.717) is 0 Å². The van der Waals surface area contributed by atoms with Gasteiger partial charge in [-0.3, -0.25) is 4.57 Å². The Labute approximate surface area is 159 Å². The van der Waals surface area contributed by atoms with Crippen molar-refractivity contribution in [1.29, 1.82) is 0 Å². The molecule has 0 aliphatic carbocycles. The zero-order chi connectivity index (χ0) is 18.7. The molecule has 1 fully saturated rings. The lowest BCUT2D eigenvalue weighted by Gasteiger charge is -2.41. The molecule has 3 aromatic rings. The zero-order valence-electron chi connectivity index (χ0n) is 15.0. The van der Waals surface area contributed by atoms with Crippen LogP contribution in [0.25, 0.3) is 0 Å². The van der Waals surface area contributed by atoms with E-state index in [2.05, 4.69) is 0 Å². The smallest absolute Gasteiger partial charge is 0.267 e. The van der Waals surface area contributed by atoms with Crippen molar-refractivity contribution >= 4 is 7.37 Å². The van der Waals surface area contributed by atoms with Crippen LogP contribution in [0.5, 0.6) is 0 Å². The van der Waals surface area contributed by atoms with Gasteiger partial charge in [-0.1, -0.05) is 91.0 Å². The Kier molecular flexibility index (Phi) is 5.24. The Morgan fingerprint density at radius 2 is 1.04 bits per heavy atom. The molecule has 27 heavy (non-hydrogen) atoms. The van der Waals surface area contributed by atoms with Gasteiger partial charge in [0.2, 0.25) is 0 Å². The summed E-state index contributed by atoms with van der Waals surface area (Å²) in [7, 11) is -1.90. The molecular weight excluding hydrogens is 359 g/mol. The highest BCUT2D eigenvalue weighted by molar-refractivity contribution is 7.59. The Hall–Kier alpha value is -2.23. The first-order valence-corrected chi connectivity index (χ1v) is 10.6. The summed E-state index contributed by atoms with van der Waals surface area (Å²) in [5, 5.41) is 0. The Morgan fingerprint density at radius 3 is 1.41 bits per heavy atom. The normalized spacial score (nSPS) is 28.0. The SMILES string of the molecule is COP1(=O)[C@@H](c2ccccc2)OC(c2ccccc2)O[C@H]1c1ccccc1. The summed E-state index contributed by atoms with van der Waals surface area (Å²) in [6.07, 6.45) is -0.640. The Morgan fingerprint density at radius 1 is 0.667 bits per heavy atom. The highest BCUT2D eigenvalue weighted by Gasteiger charge is 2.51. The van der Waals surface area contributed by atoms with Crippen LogP contribution in [-0.4, -0.2) is 7.11 Å². The van der Waals surface area contributed by atoms with Gasteiger partial charge in [-0.2, -0.15) is 0 Å². The van der Waals surface area contributed by atoms with Crippen LogP contribution in [0.4, 0.5) is 0 Å². The summed E-state index contributed by atoms with van der Waals surface area (Å²) in [4.78, 5) is 0. The third kappa shape index (κ3) is 3.50. The standard InChI is InChI=1S/C22H21O4P/c1-24-27(23)21(18-13-7-3-8-14-18)25-20(17-11-5-2-6-12-17)26-22(27)19-15-9-4-10-16-19/h2-16,20-22H,1H3/t20?,21-,22+,27?. The minimum atomic E-state index is -3.36. The monoisotopic (exact) mass is 380 g/mol. The van der Waals surface area contributed by atoms with E-state index in [1.54, 1.807) is 0 Å². The van der Waals surface area contributed by atoms with Crippen LogP contribution in [-0.2, 0) is 18.6 Å². The quantitative estimate of drug-likeness (QED) is 0.517. The van der Waals surface area contributed by atoms with Gasteiger partial charge in [0.15, 0.2) is 18.0 Å². The molecule has 3 aromatic carbocycles. The van der Waals surface area contributed by atoms with Crippen LogP contribution in [0.1, 0.15) is 34.7 Å². The maximum Gasteiger partial charge on any atom is 0.267 e. The molecule has 0 aromatic heterocycles. The first-order chi connectivity index (χ1) is 13.2. The van der Waals surface area contributed by atoms with Crippen molar-refractivity contribution in [2.75, 3.05) is 7.11 Å². The van der Waals surface area contributed by atoms with E-state index in [4.69, 9.17) is 14.0 Å². The second-order valence-electron chi connectivity index (χ2n) is 6.37. The highest BCUT2D eigenvalue weighted by Crippen LogP contribution is 2.73. The largest absolute Gasteiger partial charge is 0.330 e. The van der Waals surface area contributed by atoms with Crippen molar-refractivity contribution in [2.45, 2.75) is 18.0 Å². The molecule has 0 spiro atoms. The summed E-state index contributed by atoms with van der Waals surface area (Å²) < 4.78 is 32.0. The molecule has 1 heterocycles. The van der Waals surface area contributed by atoms with Crippen molar-refractivity contribution in [3.05, 3.63) is 108 Å². The van der Waals surface area contributed by atoms with Crippen LogP contribution in [0, 0.1) is 0 Å². The van der Waals surface area contributed by atoms with Crippen LogP contribution in [0.15, 0.2) is 91.0 Å². The molecule has 4 rings (SSSR count). The molecule has 4 nitrogen and oxygen atoms in total. The van der Waals surface area contributed by atoms with Crippen molar-refractivity contribution in [2.24, 2.45) is 0 Å². The van der Waals surface area contributed by atoms with Crippen molar-refractivity contribution < 1.29 is 18.6 Å². The minimum absolute atomic E-state index is 0.640. The second-order valence-corrected chi connectivity index (χ2v) is 8.96. The first-order valence-electron chi connectivity index (χ1n) is 8.83. The van der Waals surface area contributed by atoms with Gasteiger partial charge in [-0.05, 0) is 11.1 Å². The van der Waals surface area contributed by atoms with E-state index in [1.807, 2.05) is 91.0 Å². The Balaban J connectivity index is 1.82. The molecule has 1 aliphatic heterocycles. The van der Waals surface area contributed by atoms with Gasteiger partial charge < -0.3 is 14.0 Å². The highest BCUT2D eigenvalue weighted by atomic mass is 31.2. The average Bonchev–Trinajstić information content (AvgIpc) is 2.75. The fourth-order valence-electron chi connectivity index (χ4n) is 3.33. The van der Waals surface area contributed by atoms with Gasteiger partial charge in [0, 0.05) is 12.7 Å². The topological polar surface area (TPSA) is 44.8 Å². The van der Waals surface area contributed by atoms with Crippen molar-refractivity contribution in [1.82, 2.24) is 0 Å². The van der Waals surface area contributed by atoms with E-state index in [-0.39, 0.29) is 0 Å². The lowest BCUT2D eigenvalue weighted by molar-refractivity contribution is -0.195. The molecule has 0 N–H and O–H groups in total. The zero-order valence-corrected chi connectivity index (χ0v) is 15.9. The molecule has 0 radical (unpaired) electrons. The number of benzene rings is 3. The molecule has 0 saturated carbocycles. The fourth-order valence-corrected chi connectivity index (χ4v) is 5.69. The number of rotatable bonds is 4. The molecule has 1 saturated heterocycles. The van der Waals surface area contributed by atoms with Crippen molar-refractivity contribution in [3.8, 4) is 0 Å². The second kappa shape index (κ2) is 7.79. The summed E-state index contributed by atoms with van der Waals surface area (Å²) in [6.45, 7) is 0. The molecule has 138 valence electrons. The summed E-state index contributed by atoms with van der Waals surface area (Å²) in [5.74, 6) is -1.43. The fraction of sp³-hybridized carbons (Fsp3) is 0.182. The van der Waals surface area contributed by atoms with Crippen molar-refractivity contribution in [3.63, 3.8) is 0 Å². The maximum absolute atomic E-state index is 14.0. The van der Waals surface area contributed by atoms with Gasteiger partial charge >= 0.3 is 0 Å². The van der Waals surface area contributed by atoms with Gasteiger partial charge in [0.1, 0.15) is 0 Å². The van der Waals surface area contributed by atoms with Crippen LogP contribution < -0.4 is 0 Å². The summed E-state index contributed by atoms with van der Waals surface area (Å²) in [5.41, 5.74) is 2.50. The molecule has 2 unspecified atom stereocenters. The molecule has 4 atom stereocenters. The molecule has 1 aliphatic rings. The van der Waals surface area contributed by atoms with Gasteiger partial charge in [-0.15, -0.1) is 0 Å². The third-order valence-electron chi connectivity index (χ3n) is 4.69. The molecule has 0 bridgehead atoms. The number of ether oxygens (including phenoxy) is 2. The van der Waals surface area contributed by atoms with E-state index in [0.717, 1.165) is 16.7 Å². The van der Waals surface area contributed by atoms with Gasteiger partial charge in [0.25, 0.3) is 7.37 Å². The van der Waals surface area contributed by atoms with E-state index >= 15 is 0 Å². The van der Waals surface area contributed by atoms with Crippen LogP contribution >= 0.6 is 7.37 Å². The Bertz CT molecular complexity index is 861. The van der Waals surface area contributed by atoms with Crippen LogP contribution in [0.2, 0.25) is 0 Å². The predicted molar refractivity (Wildman–Crippen MR) is 104 cm³/mol. The molecule has 0 amide bonds. The van der Waals surface area contributed by atoms with Crippen LogP contribution in [0.3, 0.4) is 0 Å². The van der Waals surface area contributed by atoms with E-state index < -0.39 is 25.3 Å². The third-order valence-corrected chi connectivity index (χ3v) is 7.40. The van der Waals surface area contributed by atoms with E-state index in [9.17, 15) is 4.57 Å². The maximum atomic E-state index is 14.0. The lowest BCUT2D eigenvalue weighted by atomic mass is 10.2. The first kappa shape index (κ1) is 18.1. The molecule has 5 heteroatoms. The van der Waals surface area contributed by atoms with E-state index in [1.165, 1.54) is 7.11 Å². The summed E-state index contributed by atoms with van der Waals surface area (Å²) in [6, 6.07) is 28.8. The summed E-state index contributed by atoms with van der Waals surface area (Å²) >= 11 is 0. The molecular formula is C22H21O4P. The van der Waals surface area contributed by atoms with Gasteiger partial charge in [0.05, 0.1) is 0 Å². The number of hydrogen-bond acceptors (Lipinski definition) is 4. The van der Waals surface area contributed by atoms with Gasteiger partial charge in [-0.25, -0.2) is 0 Å².